The standard InChI is InChI=1S/C14H21FN2O7S/c1-8(2)23-12-9(6-22-7-25(3,20)21)24-13(11(12)15)17-5-4-10(18)16-14(17)19/h4-5,8-9,11-13H,6-7H2,1-3H3,(H,16,18,19)/t9-,11-,12-,13-/m1/s1. The number of aromatic nitrogens is 2. The molecule has 1 aliphatic heterocycles. The van der Waals surface area contributed by atoms with E-state index in [0.29, 0.717) is 0 Å². The average Bonchev–Trinajstić information content (AvgIpc) is 2.75. The lowest BCUT2D eigenvalue weighted by Crippen LogP contribution is -2.38. The van der Waals surface area contributed by atoms with Crippen molar-refractivity contribution in [1.82, 2.24) is 9.55 Å². The van der Waals surface area contributed by atoms with E-state index in [2.05, 4.69) is 0 Å². The molecule has 0 saturated carbocycles. The van der Waals surface area contributed by atoms with Gasteiger partial charge in [0.1, 0.15) is 18.1 Å². The predicted molar refractivity (Wildman–Crippen MR) is 85.8 cm³/mol. The fourth-order valence-electron chi connectivity index (χ4n) is 2.47. The van der Waals surface area contributed by atoms with Gasteiger partial charge in [-0.25, -0.2) is 17.6 Å². The van der Waals surface area contributed by atoms with Gasteiger partial charge in [0.25, 0.3) is 5.56 Å². The zero-order valence-electron chi connectivity index (χ0n) is 14.0. The fourth-order valence-corrected chi connectivity index (χ4v) is 2.87. The summed E-state index contributed by atoms with van der Waals surface area (Å²) in [6, 6.07) is 1.07. The number of rotatable bonds is 7. The molecule has 0 radical (unpaired) electrons. The number of halogens is 1. The van der Waals surface area contributed by atoms with Crippen molar-refractivity contribution < 1.29 is 27.0 Å². The Morgan fingerprint density at radius 2 is 2.08 bits per heavy atom. The number of ether oxygens (including phenoxy) is 3. The molecule has 0 unspecified atom stereocenters. The lowest BCUT2D eigenvalue weighted by molar-refractivity contribution is -0.0842. The van der Waals surface area contributed by atoms with Gasteiger partial charge in [-0.2, -0.15) is 0 Å². The Labute approximate surface area is 143 Å². The highest BCUT2D eigenvalue weighted by Crippen LogP contribution is 2.33. The summed E-state index contributed by atoms with van der Waals surface area (Å²) in [6.07, 6.45) is -3.19. The van der Waals surface area contributed by atoms with E-state index in [1.54, 1.807) is 13.8 Å². The molecule has 1 fully saturated rings. The van der Waals surface area contributed by atoms with Gasteiger partial charge in [-0.1, -0.05) is 0 Å². The summed E-state index contributed by atoms with van der Waals surface area (Å²) in [5.41, 5.74) is -1.43. The summed E-state index contributed by atoms with van der Waals surface area (Å²) < 4.78 is 54.1. The molecule has 0 aromatic carbocycles. The molecule has 142 valence electrons. The SMILES string of the molecule is CC(C)O[C@H]1[C@@H](F)[C@H](n2ccc(=O)[nH]c2=O)O[C@@H]1COCS(C)(=O)=O. The molecule has 1 aliphatic rings. The number of alkyl halides is 1. The van der Waals surface area contributed by atoms with Crippen molar-refractivity contribution in [2.45, 2.75) is 44.6 Å². The van der Waals surface area contributed by atoms with E-state index < -0.39 is 51.6 Å². The van der Waals surface area contributed by atoms with Gasteiger partial charge in [-0.3, -0.25) is 14.3 Å². The Kier molecular flexibility index (Phi) is 6.14. The van der Waals surface area contributed by atoms with Gasteiger partial charge >= 0.3 is 5.69 Å². The molecule has 0 amide bonds. The number of hydrogen-bond acceptors (Lipinski definition) is 7. The van der Waals surface area contributed by atoms with E-state index in [4.69, 9.17) is 14.2 Å². The first-order valence-electron chi connectivity index (χ1n) is 7.60. The van der Waals surface area contributed by atoms with Crippen LogP contribution >= 0.6 is 0 Å². The Morgan fingerprint density at radius 3 is 2.64 bits per heavy atom. The first kappa shape index (κ1) is 19.8. The first-order valence-corrected chi connectivity index (χ1v) is 9.66. The molecule has 1 N–H and O–H groups in total. The molecule has 1 saturated heterocycles. The summed E-state index contributed by atoms with van der Waals surface area (Å²) in [7, 11) is -3.35. The lowest BCUT2D eigenvalue weighted by atomic mass is 10.1. The Balaban J connectivity index is 2.20. The predicted octanol–water partition coefficient (Wildman–Crippen LogP) is -0.416. The summed E-state index contributed by atoms with van der Waals surface area (Å²) >= 11 is 0. The van der Waals surface area contributed by atoms with Gasteiger partial charge in [-0.05, 0) is 13.8 Å². The van der Waals surface area contributed by atoms with Gasteiger partial charge in [0.2, 0.25) is 0 Å². The van der Waals surface area contributed by atoms with E-state index in [1.165, 1.54) is 0 Å². The van der Waals surface area contributed by atoms with Crippen LogP contribution in [0.3, 0.4) is 0 Å². The zero-order chi connectivity index (χ0) is 18.8. The smallest absolute Gasteiger partial charge is 0.330 e. The van der Waals surface area contributed by atoms with Crippen LogP contribution in [0.1, 0.15) is 20.1 Å². The van der Waals surface area contributed by atoms with Crippen LogP contribution in [0.15, 0.2) is 21.9 Å². The Bertz CT molecular complexity index is 804. The van der Waals surface area contributed by atoms with E-state index >= 15 is 0 Å². The molecule has 2 rings (SSSR count). The minimum Gasteiger partial charge on any atom is -0.370 e. The van der Waals surface area contributed by atoms with Crippen LogP contribution in [0.5, 0.6) is 0 Å². The van der Waals surface area contributed by atoms with Gasteiger partial charge < -0.3 is 14.2 Å². The summed E-state index contributed by atoms with van der Waals surface area (Å²) in [5, 5.41) is 0. The number of aromatic amines is 1. The second-order valence-corrected chi connectivity index (χ2v) is 8.18. The largest absolute Gasteiger partial charge is 0.370 e. The summed E-state index contributed by atoms with van der Waals surface area (Å²) in [6.45, 7) is 3.20. The number of nitrogens with zero attached hydrogens (tertiary/aromatic N) is 1. The summed E-state index contributed by atoms with van der Waals surface area (Å²) in [5.74, 6) is -0.540. The van der Waals surface area contributed by atoms with Crippen LogP contribution in [-0.4, -0.2) is 61.3 Å². The van der Waals surface area contributed by atoms with E-state index in [0.717, 1.165) is 23.1 Å². The number of hydrogen-bond donors (Lipinski definition) is 1. The highest BCUT2D eigenvalue weighted by Gasteiger charge is 2.47. The third kappa shape index (κ3) is 5.21. The molecule has 1 aromatic heterocycles. The minimum absolute atomic E-state index is 0.223. The molecule has 25 heavy (non-hydrogen) atoms. The van der Waals surface area contributed by atoms with E-state index in [-0.39, 0.29) is 12.7 Å². The van der Waals surface area contributed by atoms with Crippen LogP contribution in [0.25, 0.3) is 0 Å². The van der Waals surface area contributed by atoms with Crippen molar-refractivity contribution in [3.63, 3.8) is 0 Å². The summed E-state index contributed by atoms with van der Waals surface area (Å²) in [4.78, 5) is 25.0. The average molecular weight is 380 g/mol. The van der Waals surface area contributed by atoms with Crippen molar-refractivity contribution in [2.24, 2.45) is 0 Å². The molecule has 11 heteroatoms. The Hall–Kier alpha value is -1.56. The molecule has 0 spiro atoms. The molecule has 9 nitrogen and oxygen atoms in total. The second-order valence-electron chi connectivity index (χ2n) is 6.09. The molecule has 4 atom stereocenters. The molecule has 2 heterocycles. The highest BCUT2D eigenvalue weighted by atomic mass is 32.2. The number of sulfone groups is 1. The van der Waals surface area contributed by atoms with Crippen molar-refractivity contribution in [2.75, 3.05) is 18.8 Å². The monoisotopic (exact) mass is 380 g/mol. The lowest BCUT2D eigenvalue weighted by Gasteiger charge is -2.21. The third-order valence-electron chi connectivity index (χ3n) is 3.40. The topological polar surface area (TPSA) is 117 Å². The van der Waals surface area contributed by atoms with Crippen LogP contribution in [0, 0.1) is 0 Å². The third-order valence-corrected chi connectivity index (χ3v) is 4.00. The maximum atomic E-state index is 14.8. The number of nitrogens with one attached hydrogen (secondary N) is 1. The molecular weight excluding hydrogens is 359 g/mol. The van der Waals surface area contributed by atoms with Crippen LogP contribution in [0.4, 0.5) is 4.39 Å². The van der Waals surface area contributed by atoms with Gasteiger partial charge in [0.05, 0.1) is 12.7 Å². The van der Waals surface area contributed by atoms with Gasteiger partial charge in [0.15, 0.2) is 22.2 Å². The zero-order valence-corrected chi connectivity index (χ0v) is 14.9. The highest BCUT2D eigenvalue weighted by molar-refractivity contribution is 7.90. The molecule has 1 aromatic rings. The van der Waals surface area contributed by atoms with Crippen molar-refractivity contribution in [1.29, 1.82) is 0 Å². The van der Waals surface area contributed by atoms with Crippen molar-refractivity contribution in [3.05, 3.63) is 33.1 Å². The molecule has 0 bridgehead atoms. The van der Waals surface area contributed by atoms with Crippen LogP contribution in [-0.2, 0) is 24.0 Å². The van der Waals surface area contributed by atoms with Crippen LogP contribution < -0.4 is 11.2 Å². The number of H-pyrrole nitrogens is 1. The van der Waals surface area contributed by atoms with Gasteiger partial charge in [-0.15, -0.1) is 0 Å². The van der Waals surface area contributed by atoms with E-state index in [9.17, 15) is 22.4 Å². The van der Waals surface area contributed by atoms with Gasteiger partial charge in [0, 0.05) is 18.5 Å². The van der Waals surface area contributed by atoms with E-state index in [1.807, 2.05) is 4.98 Å². The maximum absolute atomic E-state index is 14.8. The van der Waals surface area contributed by atoms with Crippen molar-refractivity contribution in [3.8, 4) is 0 Å². The normalized spacial score (nSPS) is 27.1. The maximum Gasteiger partial charge on any atom is 0.330 e. The van der Waals surface area contributed by atoms with Crippen molar-refractivity contribution >= 4 is 9.84 Å². The first-order chi connectivity index (χ1) is 11.6. The second kappa shape index (κ2) is 7.77. The minimum atomic E-state index is -3.35. The Morgan fingerprint density at radius 1 is 1.40 bits per heavy atom. The molecule has 0 aliphatic carbocycles. The molecular formula is C14H21FN2O7S. The van der Waals surface area contributed by atoms with Crippen LogP contribution in [0.2, 0.25) is 0 Å². The quantitative estimate of drug-likeness (QED) is 0.683. The fraction of sp³-hybridized carbons (Fsp3) is 0.714.